The first-order valence-electron chi connectivity index (χ1n) is 6.32. The molecule has 2 aromatic rings. The molecule has 94 valence electrons. The summed E-state index contributed by atoms with van der Waals surface area (Å²) in [4.78, 5) is 0. The molecule has 1 N–H and O–H groups in total. The zero-order chi connectivity index (χ0) is 12.6. The third-order valence-corrected chi connectivity index (χ3v) is 4.15. The summed E-state index contributed by atoms with van der Waals surface area (Å²) < 4.78 is 1.66. The highest BCUT2D eigenvalue weighted by atomic mass is 16.3. The molecule has 1 aromatic carbocycles. The number of aliphatic hydroxyl groups is 1. The van der Waals surface area contributed by atoms with E-state index in [4.69, 9.17) is 0 Å². The van der Waals surface area contributed by atoms with Gasteiger partial charge in [-0.3, -0.25) is 0 Å². The Bertz CT molecular complexity index is 531. The molecule has 18 heavy (non-hydrogen) atoms. The van der Waals surface area contributed by atoms with Gasteiger partial charge in [0.25, 0.3) is 0 Å². The van der Waals surface area contributed by atoms with Crippen molar-refractivity contribution in [2.45, 2.75) is 30.8 Å². The van der Waals surface area contributed by atoms with Crippen LogP contribution in [0.15, 0.2) is 36.5 Å². The van der Waals surface area contributed by atoms with Gasteiger partial charge in [-0.25, -0.2) is 4.68 Å². The van der Waals surface area contributed by atoms with Crippen molar-refractivity contribution in [1.82, 2.24) is 15.0 Å². The van der Waals surface area contributed by atoms with Crippen molar-refractivity contribution in [1.29, 1.82) is 0 Å². The second-order valence-corrected chi connectivity index (χ2v) is 5.06. The van der Waals surface area contributed by atoms with Crippen LogP contribution < -0.4 is 0 Å². The Kier molecular flexibility index (Phi) is 2.67. The van der Waals surface area contributed by atoms with Crippen LogP contribution in [0.2, 0.25) is 0 Å². The molecule has 0 amide bonds. The van der Waals surface area contributed by atoms with Gasteiger partial charge in [0.2, 0.25) is 0 Å². The van der Waals surface area contributed by atoms with Crippen molar-refractivity contribution < 1.29 is 5.11 Å². The van der Waals surface area contributed by atoms with E-state index in [1.807, 2.05) is 25.2 Å². The highest BCUT2D eigenvalue weighted by Gasteiger charge is 2.46. The largest absolute Gasteiger partial charge is 0.386 e. The average Bonchev–Trinajstić information content (AvgIpc) is 2.75. The van der Waals surface area contributed by atoms with E-state index in [1.54, 1.807) is 10.9 Å². The van der Waals surface area contributed by atoms with Gasteiger partial charge in [0, 0.05) is 12.5 Å². The Balaban J connectivity index is 2.00. The number of benzene rings is 1. The summed E-state index contributed by atoms with van der Waals surface area (Å²) in [5.41, 5.74) is 1.85. The first-order chi connectivity index (χ1) is 8.74. The SMILES string of the molecule is Cn1nncc1C(O)C1(c2ccccc2)CCC1. The Morgan fingerprint density at radius 3 is 2.50 bits per heavy atom. The van der Waals surface area contributed by atoms with E-state index in [-0.39, 0.29) is 5.41 Å². The molecular weight excluding hydrogens is 226 g/mol. The maximum atomic E-state index is 10.7. The van der Waals surface area contributed by atoms with Gasteiger partial charge in [-0.05, 0) is 18.4 Å². The van der Waals surface area contributed by atoms with E-state index in [0.717, 1.165) is 25.0 Å². The second kappa shape index (κ2) is 4.21. The molecule has 1 unspecified atom stereocenters. The molecule has 1 fully saturated rings. The van der Waals surface area contributed by atoms with Crippen molar-refractivity contribution >= 4 is 0 Å². The standard InChI is InChI=1S/C14H17N3O/c1-17-12(10-15-16-17)13(18)14(8-5-9-14)11-6-3-2-4-7-11/h2-4,6-7,10,13,18H,5,8-9H2,1H3. The Morgan fingerprint density at radius 1 is 1.28 bits per heavy atom. The van der Waals surface area contributed by atoms with E-state index in [2.05, 4.69) is 22.4 Å². The smallest absolute Gasteiger partial charge is 0.107 e. The van der Waals surface area contributed by atoms with Gasteiger partial charge in [-0.2, -0.15) is 0 Å². The predicted molar refractivity (Wildman–Crippen MR) is 67.9 cm³/mol. The number of hydrogen-bond acceptors (Lipinski definition) is 3. The Hall–Kier alpha value is -1.68. The fourth-order valence-corrected chi connectivity index (χ4v) is 2.88. The van der Waals surface area contributed by atoms with Gasteiger partial charge >= 0.3 is 0 Å². The van der Waals surface area contributed by atoms with E-state index >= 15 is 0 Å². The van der Waals surface area contributed by atoms with Gasteiger partial charge < -0.3 is 5.11 Å². The average molecular weight is 243 g/mol. The van der Waals surface area contributed by atoms with Gasteiger partial charge in [0.1, 0.15) is 6.10 Å². The third-order valence-electron chi connectivity index (χ3n) is 4.15. The molecule has 0 saturated heterocycles. The van der Waals surface area contributed by atoms with Crippen molar-refractivity contribution in [3.05, 3.63) is 47.8 Å². The molecule has 3 rings (SSSR count). The number of rotatable bonds is 3. The minimum atomic E-state index is -0.534. The van der Waals surface area contributed by atoms with E-state index in [1.165, 1.54) is 5.56 Å². The normalized spacial score (nSPS) is 19.2. The summed E-state index contributed by atoms with van der Waals surface area (Å²) in [6.45, 7) is 0. The molecule has 1 saturated carbocycles. The Labute approximate surface area is 106 Å². The van der Waals surface area contributed by atoms with Gasteiger partial charge in [-0.15, -0.1) is 5.10 Å². The monoisotopic (exact) mass is 243 g/mol. The summed E-state index contributed by atoms with van der Waals surface area (Å²) in [6.07, 6.45) is 4.33. The summed E-state index contributed by atoms with van der Waals surface area (Å²) in [7, 11) is 1.82. The number of aromatic nitrogens is 3. The topological polar surface area (TPSA) is 50.9 Å². The summed E-state index contributed by atoms with van der Waals surface area (Å²) in [6, 6.07) is 10.3. The van der Waals surface area contributed by atoms with Crippen LogP contribution in [-0.4, -0.2) is 20.1 Å². The van der Waals surface area contributed by atoms with Crippen molar-refractivity contribution in [2.75, 3.05) is 0 Å². The lowest BCUT2D eigenvalue weighted by Crippen LogP contribution is -2.41. The zero-order valence-corrected chi connectivity index (χ0v) is 10.5. The third kappa shape index (κ3) is 1.56. The highest BCUT2D eigenvalue weighted by Crippen LogP contribution is 2.51. The maximum Gasteiger partial charge on any atom is 0.107 e. The van der Waals surface area contributed by atoms with Crippen molar-refractivity contribution in [3.63, 3.8) is 0 Å². The van der Waals surface area contributed by atoms with E-state index in [0.29, 0.717) is 0 Å². The minimum absolute atomic E-state index is 0.156. The number of nitrogens with zero attached hydrogens (tertiary/aromatic N) is 3. The fraction of sp³-hybridized carbons (Fsp3) is 0.429. The lowest BCUT2D eigenvalue weighted by molar-refractivity contribution is 0.0211. The van der Waals surface area contributed by atoms with Crippen LogP contribution in [0.1, 0.15) is 36.6 Å². The molecule has 0 bridgehead atoms. The first-order valence-corrected chi connectivity index (χ1v) is 6.32. The minimum Gasteiger partial charge on any atom is -0.386 e. The van der Waals surface area contributed by atoms with Crippen LogP contribution in [0.5, 0.6) is 0 Å². The molecule has 1 aliphatic rings. The number of aliphatic hydroxyl groups excluding tert-OH is 1. The highest BCUT2D eigenvalue weighted by molar-refractivity contribution is 5.32. The second-order valence-electron chi connectivity index (χ2n) is 5.06. The molecule has 1 atom stereocenters. The van der Waals surface area contributed by atoms with Crippen molar-refractivity contribution in [2.24, 2.45) is 7.05 Å². The lowest BCUT2D eigenvalue weighted by Gasteiger charge is -2.45. The summed E-state index contributed by atoms with van der Waals surface area (Å²) in [5, 5.41) is 18.5. The number of aryl methyl sites for hydroxylation is 1. The fourth-order valence-electron chi connectivity index (χ4n) is 2.88. The zero-order valence-electron chi connectivity index (χ0n) is 10.5. The first kappa shape index (κ1) is 11.4. The summed E-state index contributed by atoms with van der Waals surface area (Å²) in [5.74, 6) is 0. The van der Waals surface area contributed by atoms with Gasteiger partial charge in [0.15, 0.2) is 0 Å². The Morgan fingerprint density at radius 2 is 2.00 bits per heavy atom. The molecule has 0 radical (unpaired) electrons. The van der Waals surface area contributed by atoms with Crippen LogP contribution in [-0.2, 0) is 12.5 Å². The molecule has 4 nitrogen and oxygen atoms in total. The molecule has 1 aliphatic carbocycles. The van der Waals surface area contributed by atoms with Gasteiger partial charge in [-0.1, -0.05) is 42.0 Å². The molecule has 0 spiro atoms. The van der Waals surface area contributed by atoms with Gasteiger partial charge in [0.05, 0.1) is 11.9 Å². The van der Waals surface area contributed by atoms with Crippen LogP contribution in [0.4, 0.5) is 0 Å². The molecule has 0 aliphatic heterocycles. The molecule has 1 aromatic heterocycles. The predicted octanol–water partition coefficient (Wildman–Crippen LogP) is 1.97. The maximum absolute atomic E-state index is 10.7. The van der Waals surface area contributed by atoms with Crippen molar-refractivity contribution in [3.8, 4) is 0 Å². The lowest BCUT2D eigenvalue weighted by atomic mass is 9.60. The quantitative estimate of drug-likeness (QED) is 0.896. The summed E-state index contributed by atoms with van der Waals surface area (Å²) >= 11 is 0. The van der Waals surface area contributed by atoms with E-state index in [9.17, 15) is 5.11 Å². The molecular formula is C14H17N3O. The molecule has 4 heteroatoms. The van der Waals surface area contributed by atoms with E-state index < -0.39 is 6.10 Å². The molecule has 1 heterocycles. The van der Waals surface area contributed by atoms with Crippen LogP contribution >= 0.6 is 0 Å². The number of hydrogen-bond donors (Lipinski definition) is 1. The van der Waals surface area contributed by atoms with Crippen LogP contribution in [0.3, 0.4) is 0 Å². The van der Waals surface area contributed by atoms with Crippen LogP contribution in [0.25, 0.3) is 0 Å². The van der Waals surface area contributed by atoms with Crippen LogP contribution in [0, 0.1) is 0 Å².